The summed E-state index contributed by atoms with van der Waals surface area (Å²) < 4.78 is 6.27. The van der Waals surface area contributed by atoms with Gasteiger partial charge >= 0.3 is 0 Å². The first-order chi connectivity index (χ1) is 8.49. The van der Waals surface area contributed by atoms with Gasteiger partial charge in [0.05, 0.1) is 10.0 Å². The fourth-order valence-electron chi connectivity index (χ4n) is 2.73. The predicted octanol–water partition coefficient (Wildman–Crippen LogP) is 5.91. The SMILES string of the molecule is C[Si](C)(Oc1ccc(Cl)c(Cl)c1)C1CCCCC1. The summed E-state index contributed by atoms with van der Waals surface area (Å²) in [5, 5.41) is 1.16. The molecular weight excluding hydrogens is 283 g/mol. The summed E-state index contributed by atoms with van der Waals surface area (Å²) >= 11 is 12.0. The van der Waals surface area contributed by atoms with Crippen LogP contribution in [-0.4, -0.2) is 8.32 Å². The summed E-state index contributed by atoms with van der Waals surface area (Å²) in [7, 11) is -1.69. The lowest BCUT2D eigenvalue weighted by molar-refractivity contribution is 0.440. The zero-order chi connectivity index (χ0) is 13.2. The van der Waals surface area contributed by atoms with Crippen molar-refractivity contribution in [1.29, 1.82) is 0 Å². The molecule has 0 bridgehead atoms. The van der Waals surface area contributed by atoms with E-state index >= 15 is 0 Å². The van der Waals surface area contributed by atoms with E-state index in [2.05, 4.69) is 13.1 Å². The monoisotopic (exact) mass is 302 g/mol. The molecule has 1 aliphatic rings. The van der Waals surface area contributed by atoms with Crippen molar-refractivity contribution in [2.24, 2.45) is 0 Å². The number of hydrogen-bond acceptors (Lipinski definition) is 1. The van der Waals surface area contributed by atoms with Gasteiger partial charge in [0, 0.05) is 0 Å². The molecule has 0 N–H and O–H groups in total. The van der Waals surface area contributed by atoms with E-state index in [1.807, 2.05) is 18.2 Å². The smallest absolute Gasteiger partial charge is 0.248 e. The Morgan fingerprint density at radius 2 is 1.72 bits per heavy atom. The highest BCUT2D eigenvalue weighted by atomic mass is 35.5. The third-order valence-electron chi connectivity index (χ3n) is 3.86. The molecule has 0 amide bonds. The maximum absolute atomic E-state index is 6.27. The van der Waals surface area contributed by atoms with Gasteiger partial charge in [-0.3, -0.25) is 0 Å². The minimum atomic E-state index is -1.69. The van der Waals surface area contributed by atoms with Gasteiger partial charge in [0.2, 0.25) is 8.32 Å². The molecule has 18 heavy (non-hydrogen) atoms. The van der Waals surface area contributed by atoms with E-state index in [-0.39, 0.29) is 0 Å². The summed E-state index contributed by atoms with van der Waals surface area (Å²) in [4.78, 5) is 0. The molecular formula is C14H20Cl2OSi. The zero-order valence-corrected chi connectivity index (χ0v) is 13.5. The van der Waals surface area contributed by atoms with Crippen molar-refractivity contribution >= 4 is 31.5 Å². The van der Waals surface area contributed by atoms with Crippen molar-refractivity contribution in [1.82, 2.24) is 0 Å². The largest absolute Gasteiger partial charge is 0.544 e. The van der Waals surface area contributed by atoms with Crippen LogP contribution in [0.15, 0.2) is 18.2 Å². The number of halogens is 2. The molecule has 1 saturated carbocycles. The summed E-state index contributed by atoms with van der Waals surface area (Å²) in [6.45, 7) is 4.62. The lowest BCUT2D eigenvalue weighted by Crippen LogP contribution is -2.40. The lowest BCUT2D eigenvalue weighted by Gasteiger charge is -2.35. The molecule has 1 nitrogen and oxygen atoms in total. The van der Waals surface area contributed by atoms with Crippen LogP contribution in [0.2, 0.25) is 28.7 Å². The van der Waals surface area contributed by atoms with Crippen LogP contribution in [0.1, 0.15) is 32.1 Å². The molecule has 4 heteroatoms. The van der Waals surface area contributed by atoms with Gasteiger partial charge in [-0.05, 0) is 49.7 Å². The highest BCUT2D eigenvalue weighted by molar-refractivity contribution is 6.73. The van der Waals surface area contributed by atoms with Gasteiger partial charge in [0.1, 0.15) is 5.75 Å². The maximum atomic E-state index is 6.27. The Hall–Kier alpha value is -0.183. The number of rotatable bonds is 3. The Morgan fingerprint density at radius 3 is 2.33 bits per heavy atom. The molecule has 0 saturated heterocycles. The molecule has 0 unspecified atom stereocenters. The van der Waals surface area contributed by atoms with Gasteiger partial charge in [-0.1, -0.05) is 42.5 Å². The van der Waals surface area contributed by atoms with Crippen molar-refractivity contribution in [2.75, 3.05) is 0 Å². The second-order valence-electron chi connectivity index (χ2n) is 5.62. The standard InChI is InChI=1S/C14H20Cl2OSi/c1-18(2,12-6-4-3-5-7-12)17-11-8-9-13(15)14(16)10-11/h8-10,12H,3-7H2,1-2H3. The van der Waals surface area contributed by atoms with Crippen LogP contribution < -0.4 is 4.43 Å². The molecule has 0 heterocycles. The highest BCUT2D eigenvalue weighted by Crippen LogP contribution is 2.38. The van der Waals surface area contributed by atoms with Crippen LogP contribution in [-0.2, 0) is 0 Å². The van der Waals surface area contributed by atoms with E-state index < -0.39 is 8.32 Å². The quantitative estimate of drug-likeness (QED) is 0.630. The minimum Gasteiger partial charge on any atom is -0.544 e. The Labute approximate surface area is 121 Å². The Bertz CT molecular complexity index is 414. The Morgan fingerprint density at radius 1 is 1.06 bits per heavy atom. The molecule has 100 valence electrons. The molecule has 0 atom stereocenters. The molecule has 2 rings (SSSR count). The van der Waals surface area contributed by atoms with Gasteiger partial charge in [-0.25, -0.2) is 0 Å². The summed E-state index contributed by atoms with van der Waals surface area (Å²) in [5.41, 5.74) is 0.765. The molecule has 1 fully saturated rings. The zero-order valence-electron chi connectivity index (χ0n) is 11.0. The average molecular weight is 303 g/mol. The predicted molar refractivity (Wildman–Crippen MR) is 81.4 cm³/mol. The molecule has 0 aliphatic heterocycles. The van der Waals surface area contributed by atoms with Crippen LogP contribution >= 0.6 is 23.2 Å². The van der Waals surface area contributed by atoms with Crippen LogP contribution in [0.3, 0.4) is 0 Å². The van der Waals surface area contributed by atoms with Crippen molar-refractivity contribution < 1.29 is 4.43 Å². The summed E-state index contributed by atoms with van der Waals surface area (Å²) in [5.74, 6) is 0.867. The van der Waals surface area contributed by atoms with Crippen LogP contribution in [0.5, 0.6) is 5.75 Å². The normalized spacial score (nSPS) is 17.8. The number of hydrogen-bond donors (Lipinski definition) is 0. The second kappa shape index (κ2) is 5.85. The van der Waals surface area contributed by atoms with E-state index in [0.717, 1.165) is 11.3 Å². The Kier molecular flexibility index (Phi) is 4.63. The lowest BCUT2D eigenvalue weighted by atomic mass is 10.0. The first kappa shape index (κ1) is 14.2. The van der Waals surface area contributed by atoms with E-state index in [4.69, 9.17) is 27.6 Å². The van der Waals surface area contributed by atoms with E-state index in [0.29, 0.717) is 10.0 Å². The fraction of sp³-hybridized carbons (Fsp3) is 0.571. The molecule has 1 aliphatic carbocycles. The molecule has 1 aromatic rings. The third kappa shape index (κ3) is 3.43. The second-order valence-corrected chi connectivity index (χ2v) is 10.7. The van der Waals surface area contributed by atoms with Gasteiger partial charge in [0.15, 0.2) is 0 Å². The third-order valence-corrected chi connectivity index (χ3v) is 7.90. The van der Waals surface area contributed by atoms with Crippen LogP contribution in [0.4, 0.5) is 0 Å². The summed E-state index contributed by atoms with van der Waals surface area (Å²) in [6.07, 6.45) is 6.73. The van der Waals surface area contributed by atoms with Gasteiger partial charge in [-0.2, -0.15) is 0 Å². The topological polar surface area (TPSA) is 9.23 Å². The average Bonchev–Trinajstić information content (AvgIpc) is 2.35. The van der Waals surface area contributed by atoms with Crippen molar-refractivity contribution in [2.45, 2.75) is 50.7 Å². The molecule has 1 aromatic carbocycles. The highest BCUT2D eigenvalue weighted by Gasteiger charge is 2.36. The Balaban J connectivity index is 2.08. The van der Waals surface area contributed by atoms with Crippen molar-refractivity contribution in [3.05, 3.63) is 28.2 Å². The van der Waals surface area contributed by atoms with E-state index in [1.54, 1.807) is 0 Å². The molecule has 0 radical (unpaired) electrons. The molecule has 0 spiro atoms. The first-order valence-electron chi connectivity index (χ1n) is 6.63. The summed E-state index contributed by atoms with van der Waals surface area (Å²) in [6, 6.07) is 5.57. The van der Waals surface area contributed by atoms with Gasteiger partial charge in [0.25, 0.3) is 0 Å². The molecule has 0 aromatic heterocycles. The van der Waals surface area contributed by atoms with Crippen LogP contribution in [0, 0.1) is 0 Å². The van der Waals surface area contributed by atoms with Crippen molar-refractivity contribution in [3.8, 4) is 5.75 Å². The van der Waals surface area contributed by atoms with E-state index in [9.17, 15) is 0 Å². The first-order valence-corrected chi connectivity index (χ1v) is 10.4. The fourth-order valence-corrected chi connectivity index (χ4v) is 5.71. The minimum absolute atomic E-state index is 0.572. The van der Waals surface area contributed by atoms with Crippen LogP contribution in [0.25, 0.3) is 0 Å². The van der Waals surface area contributed by atoms with E-state index in [1.165, 1.54) is 32.1 Å². The van der Waals surface area contributed by atoms with Gasteiger partial charge in [-0.15, -0.1) is 0 Å². The van der Waals surface area contributed by atoms with Gasteiger partial charge < -0.3 is 4.43 Å². The van der Waals surface area contributed by atoms with Crippen molar-refractivity contribution in [3.63, 3.8) is 0 Å². The number of benzene rings is 1. The maximum Gasteiger partial charge on any atom is 0.248 e.